The van der Waals surface area contributed by atoms with E-state index in [0.29, 0.717) is 16.7 Å². The smallest absolute Gasteiger partial charge is 0.408 e. The molecule has 1 aromatic carbocycles. The lowest BCUT2D eigenvalue weighted by Crippen LogP contribution is -2.40. The predicted molar refractivity (Wildman–Crippen MR) is 61.9 cm³/mol. The number of aromatic nitrogens is 1. The van der Waals surface area contributed by atoms with Crippen LogP contribution in [0.5, 0.6) is 0 Å². The number of Topliss-reactive ketones (excluding diaryl/α,β-unsaturated/α-hetero) is 1. The molecule has 0 unspecified atom stereocenters. The first-order valence-corrected chi connectivity index (χ1v) is 5.56. The summed E-state index contributed by atoms with van der Waals surface area (Å²) in [6, 6.07) is 5.16. The van der Waals surface area contributed by atoms with Crippen LogP contribution in [-0.2, 0) is 0 Å². The average molecular weight is 232 g/mol. The number of carbonyl (C=O) groups excluding carboxylic acids is 1. The number of nitrogens with two attached hydrogens (primary N) is 1. The number of hydrogen-bond donors (Lipinski definition) is 2. The zero-order valence-corrected chi connectivity index (χ0v) is 9.10. The minimum absolute atomic E-state index is 0.0214. The van der Waals surface area contributed by atoms with E-state index in [1.165, 1.54) is 0 Å². The summed E-state index contributed by atoms with van der Waals surface area (Å²) >= 11 is 0. The summed E-state index contributed by atoms with van der Waals surface area (Å²) in [6.07, 6.45) is 1.49. The van der Waals surface area contributed by atoms with E-state index >= 15 is 0 Å². The van der Waals surface area contributed by atoms with Crippen molar-refractivity contribution < 1.29 is 9.21 Å². The molecule has 5 nitrogen and oxygen atoms in total. The number of benzene rings is 1. The lowest BCUT2D eigenvalue weighted by atomic mass is 9.76. The Morgan fingerprint density at radius 2 is 2.18 bits per heavy atom. The molecule has 0 saturated heterocycles. The van der Waals surface area contributed by atoms with Gasteiger partial charge in [-0.05, 0) is 31.0 Å². The Balaban J connectivity index is 1.94. The molecule has 1 heterocycles. The van der Waals surface area contributed by atoms with Crippen molar-refractivity contribution in [3.63, 3.8) is 0 Å². The molecule has 1 saturated carbocycles. The van der Waals surface area contributed by atoms with Crippen LogP contribution in [0.1, 0.15) is 23.2 Å². The Morgan fingerprint density at radius 3 is 2.88 bits per heavy atom. The second kappa shape index (κ2) is 3.56. The van der Waals surface area contributed by atoms with Crippen molar-refractivity contribution in [1.29, 1.82) is 0 Å². The van der Waals surface area contributed by atoms with Gasteiger partial charge in [-0.1, -0.05) is 0 Å². The molecule has 0 radical (unpaired) electrons. The van der Waals surface area contributed by atoms with Gasteiger partial charge in [0, 0.05) is 17.5 Å². The van der Waals surface area contributed by atoms with E-state index in [0.717, 1.165) is 12.8 Å². The molecule has 1 aromatic heterocycles. The molecule has 0 spiro atoms. The van der Waals surface area contributed by atoms with E-state index in [1.807, 2.05) is 0 Å². The van der Waals surface area contributed by atoms with Crippen LogP contribution in [-0.4, -0.2) is 16.8 Å². The Morgan fingerprint density at radius 1 is 1.41 bits per heavy atom. The summed E-state index contributed by atoms with van der Waals surface area (Å²) in [4.78, 5) is 25.6. The highest BCUT2D eigenvalue weighted by molar-refractivity contribution is 6.00. The number of aromatic amines is 1. The fourth-order valence-corrected chi connectivity index (χ4v) is 2.21. The van der Waals surface area contributed by atoms with Gasteiger partial charge in [-0.25, -0.2) is 4.79 Å². The summed E-state index contributed by atoms with van der Waals surface area (Å²) in [5, 5.41) is 0. The van der Waals surface area contributed by atoms with Crippen LogP contribution in [0.15, 0.2) is 27.4 Å². The van der Waals surface area contributed by atoms with Crippen LogP contribution >= 0.6 is 0 Å². The lowest BCUT2D eigenvalue weighted by molar-refractivity contribution is 0.0832. The van der Waals surface area contributed by atoms with Crippen molar-refractivity contribution in [1.82, 2.24) is 4.98 Å². The zero-order valence-electron chi connectivity index (χ0n) is 9.10. The van der Waals surface area contributed by atoms with Crippen molar-refractivity contribution in [3.05, 3.63) is 34.3 Å². The van der Waals surface area contributed by atoms with Crippen LogP contribution < -0.4 is 11.5 Å². The van der Waals surface area contributed by atoms with Crippen LogP contribution in [0.4, 0.5) is 0 Å². The monoisotopic (exact) mass is 232 g/mol. The van der Waals surface area contributed by atoms with E-state index in [4.69, 9.17) is 10.2 Å². The number of H-pyrrole nitrogens is 1. The Kier molecular flexibility index (Phi) is 2.16. The van der Waals surface area contributed by atoms with Gasteiger partial charge in [-0.2, -0.15) is 0 Å². The van der Waals surface area contributed by atoms with Crippen LogP contribution in [0.3, 0.4) is 0 Å². The molecule has 0 amide bonds. The number of carbonyl (C=O) groups is 1. The van der Waals surface area contributed by atoms with E-state index in [9.17, 15) is 9.59 Å². The van der Waals surface area contributed by atoms with E-state index < -0.39 is 5.76 Å². The molecule has 88 valence electrons. The summed E-state index contributed by atoms with van der Waals surface area (Å²) in [7, 11) is 0. The molecule has 0 bridgehead atoms. The lowest BCUT2D eigenvalue weighted by Gasteiger charge is -2.31. The largest absolute Gasteiger partial charge is 0.417 e. The van der Waals surface area contributed by atoms with Crippen molar-refractivity contribution >= 4 is 16.9 Å². The molecule has 1 aliphatic carbocycles. The van der Waals surface area contributed by atoms with E-state index in [1.54, 1.807) is 18.2 Å². The molecule has 2 aromatic rings. The maximum atomic E-state index is 12.0. The van der Waals surface area contributed by atoms with Gasteiger partial charge in [0.25, 0.3) is 0 Å². The molecule has 0 aliphatic heterocycles. The second-order valence-corrected chi connectivity index (χ2v) is 4.52. The van der Waals surface area contributed by atoms with Gasteiger partial charge >= 0.3 is 5.76 Å². The summed E-state index contributed by atoms with van der Waals surface area (Å²) in [6.45, 7) is 0. The molecule has 17 heavy (non-hydrogen) atoms. The number of ketones is 1. The third-order valence-electron chi connectivity index (χ3n) is 3.25. The second-order valence-electron chi connectivity index (χ2n) is 4.52. The van der Waals surface area contributed by atoms with Gasteiger partial charge < -0.3 is 10.2 Å². The summed E-state index contributed by atoms with van der Waals surface area (Å²) in [5.41, 5.74) is 7.27. The maximum Gasteiger partial charge on any atom is 0.417 e. The van der Waals surface area contributed by atoms with Crippen molar-refractivity contribution in [2.45, 2.75) is 18.9 Å². The Labute approximate surface area is 96.6 Å². The van der Waals surface area contributed by atoms with Crippen molar-refractivity contribution in [2.75, 3.05) is 0 Å². The summed E-state index contributed by atoms with van der Waals surface area (Å²) in [5.74, 6) is -0.402. The molecule has 0 atom stereocenters. The van der Waals surface area contributed by atoms with Crippen LogP contribution in [0, 0.1) is 5.92 Å². The minimum Gasteiger partial charge on any atom is -0.408 e. The van der Waals surface area contributed by atoms with Gasteiger partial charge in [0.1, 0.15) is 0 Å². The maximum absolute atomic E-state index is 12.0. The predicted octanol–water partition coefficient (Wildman–Crippen LogP) is 1.04. The Hall–Kier alpha value is -1.88. The van der Waals surface area contributed by atoms with Gasteiger partial charge in [0.05, 0.1) is 5.52 Å². The normalized spacial score (nSPS) is 23.6. The highest BCUT2D eigenvalue weighted by Crippen LogP contribution is 2.29. The first kappa shape index (κ1) is 10.3. The number of fused-ring (bicyclic) bond motifs is 1. The van der Waals surface area contributed by atoms with E-state index in [-0.39, 0.29) is 17.7 Å². The topological polar surface area (TPSA) is 89.1 Å². The first-order chi connectivity index (χ1) is 8.13. The minimum atomic E-state index is -0.504. The molecule has 1 fully saturated rings. The van der Waals surface area contributed by atoms with Gasteiger partial charge in [0.2, 0.25) is 0 Å². The quantitative estimate of drug-likeness (QED) is 0.757. The molecule has 3 rings (SSSR count). The standard InChI is InChI=1S/C12H12N2O3/c13-8-3-7(4-8)11(15)6-1-2-9-10(5-6)17-12(16)14-9/h1-2,5,7-8H,3-4,13H2,(H,14,16). The third-order valence-corrected chi connectivity index (χ3v) is 3.25. The molecular weight excluding hydrogens is 220 g/mol. The number of hydrogen-bond acceptors (Lipinski definition) is 4. The van der Waals surface area contributed by atoms with Crippen molar-refractivity contribution in [2.24, 2.45) is 11.7 Å². The van der Waals surface area contributed by atoms with E-state index in [2.05, 4.69) is 4.98 Å². The average Bonchev–Trinajstić information content (AvgIpc) is 2.62. The SMILES string of the molecule is NC1CC(C(=O)c2ccc3[nH]c(=O)oc3c2)C1. The van der Waals surface area contributed by atoms with Crippen LogP contribution in [0.25, 0.3) is 11.1 Å². The fourth-order valence-electron chi connectivity index (χ4n) is 2.21. The van der Waals surface area contributed by atoms with Gasteiger partial charge in [0.15, 0.2) is 11.4 Å². The Bertz CT molecular complexity index is 634. The number of oxazole rings is 1. The van der Waals surface area contributed by atoms with Crippen molar-refractivity contribution in [3.8, 4) is 0 Å². The fraction of sp³-hybridized carbons (Fsp3) is 0.333. The highest BCUT2D eigenvalue weighted by atomic mass is 16.4. The highest BCUT2D eigenvalue weighted by Gasteiger charge is 2.32. The van der Waals surface area contributed by atoms with Crippen LogP contribution in [0.2, 0.25) is 0 Å². The summed E-state index contributed by atoms with van der Waals surface area (Å²) < 4.78 is 4.92. The molecule has 5 heteroatoms. The molecular formula is C12H12N2O3. The number of rotatable bonds is 2. The number of nitrogens with one attached hydrogen (secondary N) is 1. The van der Waals surface area contributed by atoms with Gasteiger partial charge in [-0.3, -0.25) is 9.78 Å². The first-order valence-electron chi connectivity index (χ1n) is 5.56. The third kappa shape index (κ3) is 1.68. The molecule has 1 aliphatic rings. The molecule has 3 N–H and O–H groups in total. The zero-order chi connectivity index (χ0) is 12.0. The van der Waals surface area contributed by atoms with Gasteiger partial charge in [-0.15, -0.1) is 0 Å².